The first-order valence-corrected chi connectivity index (χ1v) is 9.34. The van der Waals surface area contributed by atoms with Gasteiger partial charge in [0.15, 0.2) is 0 Å². The fourth-order valence-corrected chi connectivity index (χ4v) is 2.47. The number of ether oxygens (including phenoxy) is 2. The van der Waals surface area contributed by atoms with Gasteiger partial charge >= 0.3 is 0 Å². The Bertz CT molecular complexity index is 338. The summed E-state index contributed by atoms with van der Waals surface area (Å²) in [5.41, 5.74) is 1.41. The van der Waals surface area contributed by atoms with Crippen LogP contribution < -0.4 is 4.74 Å². The van der Waals surface area contributed by atoms with Gasteiger partial charge in [-0.15, -0.1) is 0 Å². The molecule has 0 atom stereocenters. The van der Waals surface area contributed by atoms with Crippen LogP contribution in [0.25, 0.3) is 0 Å². The molecule has 0 spiro atoms. The third-order valence-electron chi connectivity index (χ3n) is 3.46. The van der Waals surface area contributed by atoms with Gasteiger partial charge in [0, 0.05) is 5.33 Å². The Balaban J connectivity index is 2.09. The normalized spacial score (nSPS) is 10.8. The van der Waals surface area contributed by atoms with Gasteiger partial charge in [0.2, 0.25) is 0 Å². The molecule has 0 aliphatic heterocycles. The fourth-order valence-electron chi connectivity index (χ4n) is 2.24. The number of aryl methyl sites for hydroxylation is 1. The van der Waals surface area contributed by atoms with Crippen LogP contribution in [0.1, 0.15) is 51.0 Å². The van der Waals surface area contributed by atoms with Crippen LogP contribution >= 0.6 is 15.9 Å². The molecule has 0 bridgehead atoms. The van der Waals surface area contributed by atoms with Gasteiger partial charge < -0.3 is 9.47 Å². The predicted molar refractivity (Wildman–Crippen MR) is 93.6 cm³/mol. The van der Waals surface area contributed by atoms with E-state index >= 15 is 0 Å². The largest absolute Gasteiger partial charge is 0.491 e. The Kier molecular flexibility index (Phi) is 11.6. The standard InChI is InChI=1S/C18H29BrO2/c1-2-3-4-5-6-7-8-17-9-11-18(12-10-17)21-16-15-20-14-13-19/h9-12H,2-8,13-16H2,1H3. The molecule has 0 aromatic heterocycles. The van der Waals surface area contributed by atoms with Crippen LogP contribution in [0.4, 0.5) is 0 Å². The topological polar surface area (TPSA) is 18.5 Å². The highest BCUT2D eigenvalue weighted by Crippen LogP contribution is 2.15. The maximum absolute atomic E-state index is 5.64. The second-order valence-corrected chi connectivity index (χ2v) is 6.10. The maximum atomic E-state index is 5.64. The fraction of sp³-hybridized carbons (Fsp3) is 0.667. The van der Waals surface area contributed by atoms with E-state index in [0.717, 1.165) is 17.7 Å². The van der Waals surface area contributed by atoms with E-state index in [0.29, 0.717) is 13.2 Å². The van der Waals surface area contributed by atoms with E-state index in [-0.39, 0.29) is 0 Å². The molecule has 0 heterocycles. The summed E-state index contributed by atoms with van der Waals surface area (Å²) in [7, 11) is 0. The van der Waals surface area contributed by atoms with Gasteiger partial charge in [-0.3, -0.25) is 0 Å². The number of unbranched alkanes of at least 4 members (excludes halogenated alkanes) is 5. The molecule has 0 saturated carbocycles. The average Bonchev–Trinajstić information content (AvgIpc) is 2.52. The molecule has 0 radical (unpaired) electrons. The van der Waals surface area contributed by atoms with E-state index in [1.807, 2.05) is 0 Å². The Labute approximate surface area is 138 Å². The van der Waals surface area contributed by atoms with Crippen molar-refractivity contribution in [3.05, 3.63) is 29.8 Å². The minimum absolute atomic E-state index is 0.615. The number of hydrogen-bond acceptors (Lipinski definition) is 2. The van der Waals surface area contributed by atoms with Crippen LogP contribution in [-0.4, -0.2) is 25.2 Å². The van der Waals surface area contributed by atoms with E-state index in [9.17, 15) is 0 Å². The van der Waals surface area contributed by atoms with Gasteiger partial charge in [-0.05, 0) is 30.5 Å². The van der Waals surface area contributed by atoms with Gasteiger partial charge in [0.1, 0.15) is 12.4 Å². The summed E-state index contributed by atoms with van der Waals surface area (Å²) in [4.78, 5) is 0. The molecule has 1 rings (SSSR count). The van der Waals surface area contributed by atoms with Gasteiger partial charge in [-0.1, -0.05) is 67.1 Å². The summed E-state index contributed by atoms with van der Waals surface area (Å²) < 4.78 is 11.0. The van der Waals surface area contributed by atoms with Gasteiger partial charge in [-0.25, -0.2) is 0 Å². The molecule has 2 nitrogen and oxygen atoms in total. The molecule has 0 N–H and O–H groups in total. The molecule has 0 fully saturated rings. The molecule has 120 valence electrons. The first-order valence-electron chi connectivity index (χ1n) is 8.22. The van der Waals surface area contributed by atoms with Crippen molar-refractivity contribution < 1.29 is 9.47 Å². The van der Waals surface area contributed by atoms with E-state index < -0.39 is 0 Å². The lowest BCUT2D eigenvalue weighted by molar-refractivity contribution is 0.112. The van der Waals surface area contributed by atoms with E-state index in [1.165, 1.54) is 50.5 Å². The second-order valence-electron chi connectivity index (χ2n) is 5.31. The van der Waals surface area contributed by atoms with E-state index in [1.54, 1.807) is 0 Å². The molecule has 0 unspecified atom stereocenters. The molecule has 0 amide bonds. The van der Waals surface area contributed by atoms with Gasteiger partial charge in [0.25, 0.3) is 0 Å². The molecule has 3 heteroatoms. The molecule has 21 heavy (non-hydrogen) atoms. The van der Waals surface area contributed by atoms with E-state index in [2.05, 4.69) is 47.1 Å². The predicted octanol–water partition coefficient (Wildman–Crippen LogP) is 5.38. The number of benzene rings is 1. The van der Waals surface area contributed by atoms with Crippen molar-refractivity contribution in [1.29, 1.82) is 0 Å². The minimum atomic E-state index is 0.615. The van der Waals surface area contributed by atoms with Crippen molar-refractivity contribution in [3.63, 3.8) is 0 Å². The SMILES string of the molecule is CCCCCCCCc1ccc(OCCOCCBr)cc1. The zero-order chi connectivity index (χ0) is 15.2. The van der Waals surface area contributed by atoms with Crippen LogP contribution in [0.3, 0.4) is 0 Å². The Morgan fingerprint density at radius 2 is 1.57 bits per heavy atom. The quantitative estimate of drug-likeness (QED) is 0.349. The summed E-state index contributed by atoms with van der Waals surface area (Å²) in [5.74, 6) is 0.934. The number of rotatable bonds is 13. The Morgan fingerprint density at radius 3 is 2.29 bits per heavy atom. The first kappa shape index (κ1) is 18.5. The number of halogens is 1. The molecular weight excluding hydrogens is 328 g/mol. The number of hydrogen-bond donors (Lipinski definition) is 0. The molecule has 0 aliphatic carbocycles. The van der Waals surface area contributed by atoms with Crippen LogP contribution in [0.2, 0.25) is 0 Å². The third-order valence-corrected chi connectivity index (χ3v) is 3.78. The highest BCUT2D eigenvalue weighted by Gasteiger charge is 1.97. The molecule has 0 aliphatic rings. The maximum Gasteiger partial charge on any atom is 0.119 e. The Hall–Kier alpha value is -0.540. The van der Waals surface area contributed by atoms with Gasteiger partial charge in [-0.2, -0.15) is 0 Å². The monoisotopic (exact) mass is 356 g/mol. The Morgan fingerprint density at radius 1 is 0.857 bits per heavy atom. The summed E-state index contributed by atoms with van der Waals surface area (Å²) in [6.45, 7) is 4.26. The second kappa shape index (κ2) is 13.1. The zero-order valence-electron chi connectivity index (χ0n) is 13.3. The lowest BCUT2D eigenvalue weighted by Gasteiger charge is -2.07. The minimum Gasteiger partial charge on any atom is -0.491 e. The van der Waals surface area contributed by atoms with Crippen molar-refractivity contribution in [2.24, 2.45) is 0 Å². The average molecular weight is 357 g/mol. The van der Waals surface area contributed by atoms with E-state index in [4.69, 9.17) is 9.47 Å². The van der Waals surface area contributed by atoms with Crippen molar-refractivity contribution in [2.75, 3.05) is 25.2 Å². The molecule has 1 aromatic carbocycles. The van der Waals surface area contributed by atoms with Crippen LogP contribution in [-0.2, 0) is 11.2 Å². The van der Waals surface area contributed by atoms with Crippen molar-refractivity contribution >= 4 is 15.9 Å². The van der Waals surface area contributed by atoms with Gasteiger partial charge in [0.05, 0.1) is 13.2 Å². The highest BCUT2D eigenvalue weighted by atomic mass is 79.9. The van der Waals surface area contributed by atoms with Crippen molar-refractivity contribution in [1.82, 2.24) is 0 Å². The zero-order valence-corrected chi connectivity index (χ0v) is 14.9. The molecule has 1 aromatic rings. The van der Waals surface area contributed by atoms with Crippen molar-refractivity contribution in [2.45, 2.75) is 51.9 Å². The summed E-state index contributed by atoms with van der Waals surface area (Å²) in [6, 6.07) is 8.50. The lowest BCUT2D eigenvalue weighted by atomic mass is 10.0. The summed E-state index contributed by atoms with van der Waals surface area (Å²) >= 11 is 3.33. The summed E-state index contributed by atoms with van der Waals surface area (Å²) in [5, 5.41) is 0.875. The lowest BCUT2D eigenvalue weighted by Crippen LogP contribution is -2.07. The summed E-state index contributed by atoms with van der Waals surface area (Å²) in [6.07, 6.45) is 9.30. The van der Waals surface area contributed by atoms with Crippen LogP contribution in [0.15, 0.2) is 24.3 Å². The first-order chi connectivity index (χ1) is 10.4. The molecule has 0 saturated heterocycles. The smallest absolute Gasteiger partial charge is 0.119 e. The third kappa shape index (κ3) is 9.92. The van der Waals surface area contributed by atoms with Crippen LogP contribution in [0.5, 0.6) is 5.75 Å². The molecular formula is C18H29BrO2. The van der Waals surface area contributed by atoms with Crippen molar-refractivity contribution in [3.8, 4) is 5.75 Å². The highest BCUT2D eigenvalue weighted by molar-refractivity contribution is 9.09. The number of alkyl halides is 1. The van der Waals surface area contributed by atoms with Crippen LogP contribution in [0, 0.1) is 0 Å².